The van der Waals surface area contributed by atoms with Crippen LogP contribution in [-0.2, 0) is 11.3 Å². The molecule has 0 saturated carbocycles. The lowest BCUT2D eigenvalue weighted by atomic mass is 10.3. The Hall–Kier alpha value is -2.84. The molecule has 0 fully saturated rings. The smallest absolute Gasteiger partial charge is 0.230 e. The minimum Gasteiger partial charge on any atom is -0.494 e. The molecule has 2 aromatic heterocycles. The maximum absolute atomic E-state index is 13.1. The number of rotatable bonds is 9. The first kappa shape index (κ1) is 21.4. The number of amides is 1. The molecule has 0 aliphatic rings. The predicted molar refractivity (Wildman–Crippen MR) is 122 cm³/mol. The number of halogens is 1. The molecule has 1 amide bonds. The number of benzene rings is 2. The van der Waals surface area contributed by atoms with E-state index < -0.39 is 0 Å². The monoisotopic (exact) mass is 456 g/mol. The van der Waals surface area contributed by atoms with Gasteiger partial charge in [0.2, 0.25) is 5.91 Å². The fraction of sp³-hybridized carbons (Fsp3) is 0.217. The van der Waals surface area contributed by atoms with E-state index in [1.54, 1.807) is 29.4 Å². The number of hydrogen-bond donors (Lipinski definition) is 0. The SMILES string of the molecule is CCOc1ccc2nc(N(Cc3ccco3)C(=O)CCSc3ccc(F)cc3)sc2c1. The number of aromatic nitrogens is 1. The molecule has 0 bridgehead atoms. The largest absolute Gasteiger partial charge is 0.494 e. The lowest BCUT2D eigenvalue weighted by molar-refractivity contribution is -0.118. The Labute approximate surface area is 187 Å². The Kier molecular flexibility index (Phi) is 6.89. The van der Waals surface area contributed by atoms with Gasteiger partial charge in [0.05, 0.1) is 29.6 Å². The molecule has 31 heavy (non-hydrogen) atoms. The van der Waals surface area contributed by atoms with Gasteiger partial charge in [0.25, 0.3) is 0 Å². The fourth-order valence-electron chi connectivity index (χ4n) is 3.01. The molecule has 0 unspecified atom stereocenters. The Morgan fingerprint density at radius 2 is 2.06 bits per heavy atom. The summed E-state index contributed by atoms with van der Waals surface area (Å²) >= 11 is 2.97. The van der Waals surface area contributed by atoms with E-state index in [0.29, 0.717) is 36.2 Å². The molecule has 0 aliphatic carbocycles. The van der Waals surface area contributed by atoms with Gasteiger partial charge < -0.3 is 9.15 Å². The zero-order valence-corrected chi connectivity index (χ0v) is 18.5. The van der Waals surface area contributed by atoms with Gasteiger partial charge in [-0.25, -0.2) is 9.37 Å². The molecule has 4 rings (SSSR count). The standard InChI is InChI=1S/C23H21FN2O3S2/c1-2-28-17-7-10-20-21(14-17)31-23(25-20)26(15-18-4-3-12-29-18)22(27)11-13-30-19-8-5-16(24)6-9-19/h3-10,12,14H,2,11,13,15H2,1H3. The van der Waals surface area contributed by atoms with Crippen molar-refractivity contribution >= 4 is 44.4 Å². The zero-order valence-electron chi connectivity index (χ0n) is 16.9. The Morgan fingerprint density at radius 3 is 2.81 bits per heavy atom. The van der Waals surface area contributed by atoms with Gasteiger partial charge in [0, 0.05) is 17.1 Å². The minimum atomic E-state index is -0.270. The molecule has 8 heteroatoms. The summed E-state index contributed by atoms with van der Waals surface area (Å²) in [5.41, 5.74) is 0.821. The third-order valence-corrected chi connectivity index (χ3v) is 6.54. The minimum absolute atomic E-state index is 0.0462. The number of anilines is 1. The normalized spacial score (nSPS) is 11.0. The van der Waals surface area contributed by atoms with Gasteiger partial charge in [-0.05, 0) is 61.5 Å². The van der Waals surface area contributed by atoms with Crippen molar-refractivity contribution in [3.05, 3.63) is 72.4 Å². The van der Waals surface area contributed by atoms with Gasteiger partial charge in [-0.1, -0.05) is 11.3 Å². The van der Waals surface area contributed by atoms with E-state index in [-0.39, 0.29) is 11.7 Å². The fourth-order valence-corrected chi connectivity index (χ4v) is 4.86. The molecule has 5 nitrogen and oxygen atoms in total. The van der Waals surface area contributed by atoms with Crippen molar-refractivity contribution in [3.8, 4) is 5.75 Å². The van der Waals surface area contributed by atoms with Crippen molar-refractivity contribution in [1.29, 1.82) is 0 Å². The average Bonchev–Trinajstić information content (AvgIpc) is 3.42. The molecule has 160 valence electrons. The first-order valence-electron chi connectivity index (χ1n) is 9.87. The van der Waals surface area contributed by atoms with Crippen LogP contribution in [0.25, 0.3) is 10.2 Å². The summed E-state index contributed by atoms with van der Waals surface area (Å²) < 4.78 is 25.1. The van der Waals surface area contributed by atoms with Crippen molar-refractivity contribution in [1.82, 2.24) is 4.98 Å². The number of furan rings is 1. The summed E-state index contributed by atoms with van der Waals surface area (Å²) in [7, 11) is 0. The number of hydrogen-bond acceptors (Lipinski definition) is 6. The third kappa shape index (κ3) is 5.45. The highest BCUT2D eigenvalue weighted by atomic mass is 32.2. The highest BCUT2D eigenvalue weighted by Crippen LogP contribution is 2.33. The molecular weight excluding hydrogens is 435 g/mol. The van der Waals surface area contributed by atoms with E-state index in [1.807, 2.05) is 31.2 Å². The van der Waals surface area contributed by atoms with Crippen LogP contribution in [0.1, 0.15) is 19.1 Å². The van der Waals surface area contributed by atoms with Gasteiger partial charge in [0.1, 0.15) is 17.3 Å². The van der Waals surface area contributed by atoms with E-state index in [0.717, 1.165) is 20.9 Å². The number of thioether (sulfide) groups is 1. The van der Waals surface area contributed by atoms with Crippen LogP contribution in [0, 0.1) is 5.82 Å². The molecular formula is C23H21FN2O3S2. The lowest BCUT2D eigenvalue weighted by Gasteiger charge is -2.18. The summed E-state index contributed by atoms with van der Waals surface area (Å²) in [6.45, 7) is 2.84. The Bertz CT molecular complexity index is 1140. The summed E-state index contributed by atoms with van der Waals surface area (Å²) in [5.74, 6) is 1.74. The van der Waals surface area contributed by atoms with Crippen LogP contribution in [0.2, 0.25) is 0 Å². The van der Waals surface area contributed by atoms with Crippen LogP contribution >= 0.6 is 23.1 Å². The van der Waals surface area contributed by atoms with Crippen molar-refractivity contribution < 1.29 is 18.3 Å². The molecule has 2 aromatic carbocycles. The van der Waals surface area contributed by atoms with Crippen LogP contribution in [0.3, 0.4) is 0 Å². The second-order valence-corrected chi connectivity index (χ2v) is 8.85. The van der Waals surface area contributed by atoms with E-state index in [4.69, 9.17) is 9.15 Å². The number of nitrogens with zero attached hydrogens (tertiary/aromatic N) is 2. The zero-order chi connectivity index (χ0) is 21.6. The van der Waals surface area contributed by atoms with Crippen LogP contribution in [-0.4, -0.2) is 23.3 Å². The van der Waals surface area contributed by atoms with E-state index in [9.17, 15) is 9.18 Å². The maximum Gasteiger partial charge on any atom is 0.230 e. The van der Waals surface area contributed by atoms with Gasteiger partial charge >= 0.3 is 0 Å². The van der Waals surface area contributed by atoms with Crippen molar-refractivity contribution in [3.63, 3.8) is 0 Å². The number of thiazole rings is 1. The van der Waals surface area contributed by atoms with Gasteiger partial charge in [-0.15, -0.1) is 11.8 Å². The topological polar surface area (TPSA) is 55.6 Å². The lowest BCUT2D eigenvalue weighted by Crippen LogP contribution is -2.30. The first-order valence-corrected chi connectivity index (χ1v) is 11.7. The first-order chi connectivity index (χ1) is 15.1. The number of fused-ring (bicyclic) bond motifs is 1. The van der Waals surface area contributed by atoms with E-state index in [2.05, 4.69) is 4.98 Å². The van der Waals surface area contributed by atoms with Crippen molar-refractivity contribution in [2.75, 3.05) is 17.3 Å². The quantitative estimate of drug-likeness (QED) is 0.283. The molecule has 0 atom stereocenters. The van der Waals surface area contributed by atoms with Crippen LogP contribution in [0.4, 0.5) is 9.52 Å². The molecule has 0 aliphatic heterocycles. The second-order valence-electron chi connectivity index (χ2n) is 6.67. The molecule has 4 aromatic rings. The Morgan fingerprint density at radius 1 is 1.23 bits per heavy atom. The van der Waals surface area contributed by atoms with Gasteiger partial charge in [-0.2, -0.15) is 0 Å². The predicted octanol–water partition coefficient (Wildman–Crippen LogP) is 6.14. The molecule has 0 spiro atoms. The molecule has 0 radical (unpaired) electrons. The maximum atomic E-state index is 13.1. The van der Waals surface area contributed by atoms with Gasteiger partial charge in [-0.3, -0.25) is 9.69 Å². The summed E-state index contributed by atoms with van der Waals surface area (Å²) in [6, 6.07) is 15.6. The van der Waals surface area contributed by atoms with Crippen molar-refractivity contribution in [2.45, 2.75) is 24.8 Å². The number of ether oxygens (including phenoxy) is 1. The van der Waals surface area contributed by atoms with Gasteiger partial charge in [0.15, 0.2) is 5.13 Å². The highest BCUT2D eigenvalue weighted by molar-refractivity contribution is 7.99. The summed E-state index contributed by atoms with van der Waals surface area (Å²) in [5, 5.41) is 0.622. The summed E-state index contributed by atoms with van der Waals surface area (Å²) in [4.78, 5) is 20.4. The number of carbonyl (C=O) groups excluding carboxylic acids is 1. The molecule has 0 saturated heterocycles. The average molecular weight is 457 g/mol. The van der Waals surface area contributed by atoms with Crippen LogP contribution in [0.15, 0.2) is 70.2 Å². The highest BCUT2D eigenvalue weighted by Gasteiger charge is 2.21. The molecule has 2 heterocycles. The van der Waals surface area contributed by atoms with Crippen LogP contribution in [0.5, 0.6) is 5.75 Å². The van der Waals surface area contributed by atoms with Crippen LogP contribution < -0.4 is 9.64 Å². The molecule has 0 N–H and O–H groups in total. The van der Waals surface area contributed by atoms with E-state index in [1.165, 1.54) is 35.2 Å². The van der Waals surface area contributed by atoms with E-state index >= 15 is 0 Å². The van der Waals surface area contributed by atoms with Crippen molar-refractivity contribution in [2.24, 2.45) is 0 Å². The second kappa shape index (κ2) is 9.98. The number of carbonyl (C=O) groups is 1. The summed E-state index contributed by atoms with van der Waals surface area (Å²) in [6.07, 6.45) is 1.91. The Balaban J connectivity index is 1.51. The third-order valence-electron chi connectivity index (χ3n) is 4.48.